The molecule has 1 amide bonds. The van der Waals surface area contributed by atoms with Gasteiger partial charge in [0, 0.05) is 43.7 Å². The van der Waals surface area contributed by atoms with Crippen molar-refractivity contribution in [2.45, 2.75) is 32.2 Å². The molecule has 1 aromatic carbocycles. The predicted molar refractivity (Wildman–Crippen MR) is 115 cm³/mol. The molecule has 1 aromatic heterocycles. The second kappa shape index (κ2) is 7.69. The smallest absolute Gasteiger partial charge is 0.226 e. The Labute approximate surface area is 173 Å². The molecule has 154 valence electrons. The lowest BCUT2D eigenvalue weighted by atomic mass is 9.90. The number of para-hydroxylation sites is 1. The summed E-state index contributed by atoms with van der Waals surface area (Å²) < 4.78 is 0. The zero-order valence-electron chi connectivity index (χ0n) is 17.5. The summed E-state index contributed by atoms with van der Waals surface area (Å²) in [5.41, 5.74) is 2.74. The van der Waals surface area contributed by atoms with Crippen molar-refractivity contribution in [1.29, 1.82) is 0 Å². The number of nitrogens with zero attached hydrogens (tertiary/aromatic N) is 4. The molecule has 2 aliphatic heterocycles. The standard InChI is InChI=1S/C24H32N4O/c1-26-11-4-12-28(16-15-26)23(29)21-17-24(21)8-13-27(14-9-24)18-20-6-2-5-19-7-3-10-25-22(19)20/h2-3,5-7,10,21H,4,8-9,11-18H2,1H3. The van der Waals surface area contributed by atoms with Gasteiger partial charge in [0.05, 0.1) is 5.52 Å². The molecule has 0 bridgehead atoms. The minimum absolute atomic E-state index is 0.285. The van der Waals surface area contributed by atoms with Gasteiger partial charge in [0.2, 0.25) is 5.91 Å². The van der Waals surface area contributed by atoms with E-state index >= 15 is 0 Å². The first kappa shape index (κ1) is 19.0. The highest BCUT2D eigenvalue weighted by Gasteiger charge is 2.59. The molecule has 2 aromatic rings. The Kier molecular flexibility index (Phi) is 5.04. The number of hydrogen-bond acceptors (Lipinski definition) is 4. The number of hydrogen-bond donors (Lipinski definition) is 0. The van der Waals surface area contributed by atoms with Crippen LogP contribution in [0.1, 0.15) is 31.2 Å². The Balaban J connectivity index is 1.18. The van der Waals surface area contributed by atoms with Crippen molar-refractivity contribution in [1.82, 2.24) is 19.7 Å². The van der Waals surface area contributed by atoms with Crippen LogP contribution in [0.4, 0.5) is 0 Å². The molecule has 0 N–H and O–H groups in total. The second-order valence-electron chi connectivity index (χ2n) is 9.37. The molecule has 3 heterocycles. The summed E-state index contributed by atoms with van der Waals surface area (Å²) in [6.45, 7) is 7.11. The van der Waals surface area contributed by atoms with Crippen LogP contribution in [0.2, 0.25) is 0 Å². The van der Waals surface area contributed by atoms with E-state index in [1.54, 1.807) is 0 Å². The molecule has 5 heteroatoms. The third-order valence-corrected chi connectivity index (χ3v) is 7.48. The number of amides is 1. The van der Waals surface area contributed by atoms with Crippen molar-refractivity contribution in [3.8, 4) is 0 Å². The van der Waals surface area contributed by atoms with E-state index in [0.717, 1.165) is 77.0 Å². The van der Waals surface area contributed by atoms with Crippen LogP contribution in [0.5, 0.6) is 0 Å². The molecule has 29 heavy (non-hydrogen) atoms. The van der Waals surface area contributed by atoms with Gasteiger partial charge >= 0.3 is 0 Å². The van der Waals surface area contributed by atoms with Crippen molar-refractivity contribution < 1.29 is 4.79 Å². The van der Waals surface area contributed by atoms with Crippen LogP contribution in [0, 0.1) is 11.3 Å². The summed E-state index contributed by atoms with van der Waals surface area (Å²) in [5.74, 6) is 0.722. The lowest BCUT2D eigenvalue weighted by molar-refractivity contribution is -0.133. The van der Waals surface area contributed by atoms with Crippen molar-refractivity contribution in [2.24, 2.45) is 11.3 Å². The highest BCUT2D eigenvalue weighted by Crippen LogP contribution is 2.60. The third kappa shape index (κ3) is 3.78. The summed E-state index contributed by atoms with van der Waals surface area (Å²) in [6.07, 6.45) is 6.43. The fraction of sp³-hybridized carbons (Fsp3) is 0.583. The van der Waals surface area contributed by atoms with Crippen LogP contribution in [0.15, 0.2) is 36.5 Å². The molecule has 1 atom stereocenters. The Morgan fingerprint density at radius 3 is 2.76 bits per heavy atom. The number of likely N-dealkylation sites (tertiary alicyclic amines) is 1. The van der Waals surface area contributed by atoms with Gasteiger partial charge in [-0.05, 0) is 69.4 Å². The molecular weight excluding hydrogens is 360 g/mol. The highest BCUT2D eigenvalue weighted by atomic mass is 16.2. The summed E-state index contributed by atoms with van der Waals surface area (Å²) in [6, 6.07) is 10.6. The fourth-order valence-corrected chi connectivity index (χ4v) is 5.43. The number of aromatic nitrogens is 1. The van der Waals surface area contributed by atoms with E-state index in [0.29, 0.717) is 11.3 Å². The van der Waals surface area contributed by atoms with Gasteiger partial charge in [-0.15, -0.1) is 0 Å². The first-order valence-electron chi connectivity index (χ1n) is 11.2. The van der Waals surface area contributed by atoms with E-state index in [9.17, 15) is 4.79 Å². The molecule has 3 aliphatic rings. The Morgan fingerprint density at radius 1 is 1.07 bits per heavy atom. The van der Waals surface area contributed by atoms with Gasteiger partial charge < -0.3 is 9.80 Å². The van der Waals surface area contributed by atoms with Gasteiger partial charge in [-0.25, -0.2) is 0 Å². The van der Waals surface area contributed by atoms with Gasteiger partial charge in [0.25, 0.3) is 0 Å². The number of benzene rings is 1. The van der Waals surface area contributed by atoms with Crippen LogP contribution in [0.25, 0.3) is 10.9 Å². The van der Waals surface area contributed by atoms with Gasteiger partial charge in [0.1, 0.15) is 0 Å². The molecule has 2 saturated heterocycles. The zero-order valence-corrected chi connectivity index (χ0v) is 17.5. The van der Waals surface area contributed by atoms with Crippen LogP contribution in [-0.4, -0.2) is 71.9 Å². The van der Waals surface area contributed by atoms with Gasteiger partial charge in [0.15, 0.2) is 0 Å². The van der Waals surface area contributed by atoms with Crippen molar-refractivity contribution >= 4 is 16.8 Å². The van der Waals surface area contributed by atoms with Crippen LogP contribution in [0.3, 0.4) is 0 Å². The predicted octanol–water partition coefficient (Wildman–Crippen LogP) is 3.00. The maximum atomic E-state index is 13.1. The average Bonchev–Trinajstić information content (AvgIpc) is 3.49. The van der Waals surface area contributed by atoms with Crippen LogP contribution in [-0.2, 0) is 11.3 Å². The lowest BCUT2D eigenvalue weighted by Crippen LogP contribution is -2.39. The van der Waals surface area contributed by atoms with E-state index in [4.69, 9.17) is 0 Å². The van der Waals surface area contributed by atoms with Gasteiger partial charge in [-0.2, -0.15) is 0 Å². The minimum atomic E-state index is 0.285. The number of fused-ring (bicyclic) bond motifs is 1. The molecule has 0 radical (unpaired) electrons. The molecule has 1 spiro atoms. The van der Waals surface area contributed by atoms with Crippen LogP contribution >= 0.6 is 0 Å². The summed E-state index contributed by atoms with van der Waals surface area (Å²) in [7, 11) is 2.16. The first-order chi connectivity index (χ1) is 14.1. The Morgan fingerprint density at radius 2 is 1.90 bits per heavy atom. The molecule has 1 saturated carbocycles. The van der Waals surface area contributed by atoms with E-state index in [1.807, 2.05) is 12.3 Å². The third-order valence-electron chi connectivity index (χ3n) is 7.48. The van der Waals surface area contributed by atoms with Gasteiger partial charge in [-0.3, -0.25) is 14.7 Å². The number of likely N-dealkylation sites (N-methyl/N-ethyl adjacent to an activating group) is 1. The number of carbonyl (C=O) groups is 1. The monoisotopic (exact) mass is 392 g/mol. The number of rotatable bonds is 3. The van der Waals surface area contributed by atoms with Gasteiger partial charge in [-0.1, -0.05) is 24.3 Å². The van der Waals surface area contributed by atoms with Crippen molar-refractivity contribution in [3.05, 3.63) is 42.1 Å². The van der Waals surface area contributed by atoms with E-state index in [1.165, 1.54) is 10.9 Å². The largest absolute Gasteiger partial charge is 0.341 e. The summed E-state index contributed by atoms with van der Waals surface area (Å²) in [4.78, 5) is 24.7. The highest BCUT2D eigenvalue weighted by molar-refractivity contribution is 5.83. The van der Waals surface area contributed by atoms with E-state index in [-0.39, 0.29) is 5.92 Å². The number of carbonyl (C=O) groups excluding carboxylic acids is 1. The average molecular weight is 393 g/mol. The molecular formula is C24H32N4O. The number of pyridine rings is 1. The Hall–Kier alpha value is -1.98. The molecule has 5 nitrogen and oxygen atoms in total. The topological polar surface area (TPSA) is 39.7 Å². The molecule has 5 rings (SSSR count). The minimum Gasteiger partial charge on any atom is -0.341 e. The SMILES string of the molecule is CN1CCCN(C(=O)C2CC23CCN(Cc2cccc4cccnc24)CC3)CC1. The second-order valence-corrected chi connectivity index (χ2v) is 9.37. The van der Waals surface area contributed by atoms with Crippen molar-refractivity contribution in [3.63, 3.8) is 0 Å². The normalized spacial score (nSPS) is 25.3. The molecule has 1 aliphatic carbocycles. The maximum Gasteiger partial charge on any atom is 0.226 e. The van der Waals surface area contributed by atoms with E-state index < -0.39 is 0 Å². The van der Waals surface area contributed by atoms with Crippen molar-refractivity contribution in [2.75, 3.05) is 46.3 Å². The quantitative estimate of drug-likeness (QED) is 0.805. The first-order valence-corrected chi connectivity index (χ1v) is 11.2. The maximum absolute atomic E-state index is 13.1. The summed E-state index contributed by atoms with van der Waals surface area (Å²) >= 11 is 0. The van der Waals surface area contributed by atoms with Crippen LogP contribution < -0.4 is 0 Å². The zero-order chi connectivity index (χ0) is 19.8. The van der Waals surface area contributed by atoms with E-state index in [2.05, 4.69) is 51.0 Å². The molecule has 3 fully saturated rings. The summed E-state index contributed by atoms with van der Waals surface area (Å²) in [5, 5.41) is 1.22. The number of piperidine rings is 1. The Bertz CT molecular complexity index is 884. The fourth-order valence-electron chi connectivity index (χ4n) is 5.43. The molecule has 1 unspecified atom stereocenters. The lowest BCUT2D eigenvalue weighted by Gasteiger charge is -2.33.